The molecule has 22 heavy (non-hydrogen) atoms. The van der Waals surface area contributed by atoms with Crippen LogP contribution in [0.15, 0.2) is 47.1 Å². The molecule has 1 heterocycles. The molecule has 0 spiro atoms. The Kier molecular flexibility index (Phi) is 5.46. The summed E-state index contributed by atoms with van der Waals surface area (Å²) < 4.78 is 10.6. The molecule has 1 unspecified atom stereocenters. The first-order chi connectivity index (χ1) is 10.5. The van der Waals surface area contributed by atoms with Crippen LogP contribution in [0.2, 0.25) is 5.02 Å². The Bertz CT molecular complexity index is 610. The van der Waals surface area contributed by atoms with Crippen LogP contribution in [0.5, 0.6) is 5.75 Å². The van der Waals surface area contributed by atoms with E-state index >= 15 is 0 Å². The van der Waals surface area contributed by atoms with Crippen molar-refractivity contribution < 1.29 is 19.1 Å². The quantitative estimate of drug-likeness (QED) is 0.822. The van der Waals surface area contributed by atoms with Gasteiger partial charge in [0.2, 0.25) is 5.91 Å². The first kappa shape index (κ1) is 16.4. The fourth-order valence-electron chi connectivity index (χ4n) is 1.85. The fourth-order valence-corrected chi connectivity index (χ4v) is 2.04. The monoisotopic (exact) mass is 323 g/mol. The lowest BCUT2D eigenvalue weighted by atomic mass is 10.0. The first-order valence-electron chi connectivity index (χ1n) is 6.89. The van der Waals surface area contributed by atoms with Crippen LogP contribution in [-0.4, -0.2) is 24.2 Å². The maximum Gasteiger partial charge on any atom is 0.223 e. The van der Waals surface area contributed by atoms with E-state index in [2.05, 4.69) is 5.32 Å². The average molecular weight is 324 g/mol. The summed E-state index contributed by atoms with van der Waals surface area (Å²) in [7, 11) is 0. The second-order valence-electron chi connectivity index (χ2n) is 5.06. The third kappa shape index (κ3) is 4.51. The Balaban J connectivity index is 1.73. The number of halogens is 1. The number of carbonyl (C=O) groups is 1. The van der Waals surface area contributed by atoms with Crippen LogP contribution in [0.4, 0.5) is 0 Å². The second kappa shape index (κ2) is 7.33. The Morgan fingerprint density at radius 3 is 2.82 bits per heavy atom. The summed E-state index contributed by atoms with van der Waals surface area (Å²) in [5.41, 5.74) is -1.25. The van der Waals surface area contributed by atoms with E-state index in [-0.39, 0.29) is 25.5 Å². The molecule has 0 aliphatic carbocycles. The number of benzene rings is 1. The highest BCUT2D eigenvalue weighted by Gasteiger charge is 2.26. The topological polar surface area (TPSA) is 71.7 Å². The third-order valence-electron chi connectivity index (χ3n) is 3.11. The van der Waals surface area contributed by atoms with Gasteiger partial charge in [0.05, 0.1) is 30.9 Å². The number of hydrogen-bond acceptors (Lipinski definition) is 4. The van der Waals surface area contributed by atoms with Crippen LogP contribution in [0, 0.1) is 0 Å². The summed E-state index contributed by atoms with van der Waals surface area (Å²) >= 11 is 5.95. The van der Waals surface area contributed by atoms with Crippen molar-refractivity contribution in [1.82, 2.24) is 5.32 Å². The Hall–Kier alpha value is -1.98. The van der Waals surface area contributed by atoms with Gasteiger partial charge in [-0.05, 0) is 31.2 Å². The highest BCUT2D eigenvalue weighted by molar-refractivity contribution is 6.32. The largest absolute Gasteiger partial charge is 0.491 e. The van der Waals surface area contributed by atoms with E-state index in [9.17, 15) is 9.90 Å². The molecule has 2 rings (SSSR count). The van der Waals surface area contributed by atoms with Gasteiger partial charge in [0.15, 0.2) is 0 Å². The van der Waals surface area contributed by atoms with E-state index in [0.29, 0.717) is 16.5 Å². The maximum absolute atomic E-state index is 11.8. The molecule has 6 heteroatoms. The minimum atomic E-state index is -1.25. The second-order valence-corrected chi connectivity index (χ2v) is 5.46. The molecule has 2 aromatic rings. The molecule has 5 nitrogen and oxygen atoms in total. The van der Waals surface area contributed by atoms with Crippen LogP contribution < -0.4 is 10.1 Å². The summed E-state index contributed by atoms with van der Waals surface area (Å²) in [6, 6.07) is 10.4. The molecule has 0 aliphatic heterocycles. The van der Waals surface area contributed by atoms with E-state index in [1.165, 1.54) is 6.26 Å². The Morgan fingerprint density at radius 1 is 1.36 bits per heavy atom. The lowest BCUT2D eigenvalue weighted by Crippen LogP contribution is -2.38. The number of furan rings is 1. The summed E-state index contributed by atoms with van der Waals surface area (Å²) in [6.07, 6.45) is 1.64. The predicted molar refractivity (Wildman–Crippen MR) is 82.9 cm³/mol. The van der Waals surface area contributed by atoms with Crippen molar-refractivity contribution >= 4 is 17.5 Å². The normalized spacial score (nSPS) is 13.4. The van der Waals surface area contributed by atoms with Gasteiger partial charge < -0.3 is 19.6 Å². The molecule has 0 bridgehead atoms. The molecule has 0 saturated heterocycles. The SMILES string of the molecule is CC(O)(CNC(=O)CCOc1ccccc1Cl)c1ccco1. The van der Waals surface area contributed by atoms with Crippen LogP contribution >= 0.6 is 11.6 Å². The van der Waals surface area contributed by atoms with Crippen molar-refractivity contribution in [2.24, 2.45) is 0 Å². The van der Waals surface area contributed by atoms with Crippen molar-refractivity contribution in [2.45, 2.75) is 18.9 Å². The standard InChI is InChI=1S/C16H18ClNO4/c1-16(20,14-7-4-9-22-14)11-18-15(19)8-10-21-13-6-3-2-5-12(13)17/h2-7,9,20H,8,10-11H2,1H3,(H,18,19). The van der Waals surface area contributed by atoms with E-state index in [4.69, 9.17) is 20.8 Å². The lowest BCUT2D eigenvalue weighted by molar-refractivity contribution is -0.122. The molecule has 1 amide bonds. The fraction of sp³-hybridized carbons (Fsp3) is 0.312. The zero-order valence-electron chi connectivity index (χ0n) is 12.2. The minimum absolute atomic E-state index is 0.0610. The van der Waals surface area contributed by atoms with Gasteiger partial charge in [0.1, 0.15) is 17.1 Å². The van der Waals surface area contributed by atoms with Crippen LogP contribution in [0.3, 0.4) is 0 Å². The molecule has 0 saturated carbocycles. The van der Waals surface area contributed by atoms with Gasteiger partial charge in [-0.3, -0.25) is 4.79 Å². The summed E-state index contributed by atoms with van der Waals surface area (Å²) in [4.78, 5) is 11.8. The number of nitrogens with one attached hydrogen (secondary N) is 1. The van der Waals surface area contributed by atoms with Crippen molar-refractivity contribution in [2.75, 3.05) is 13.2 Å². The summed E-state index contributed by atoms with van der Waals surface area (Å²) in [5.74, 6) is 0.721. The molecule has 0 fully saturated rings. The number of carbonyl (C=O) groups excluding carboxylic acids is 1. The lowest BCUT2D eigenvalue weighted by Gasteiger charge is -2.21. The molecule has 1 atom stereocenters. The first-order valence-corrected chi connectivity index (χ1v) is 7.27. The van der Waals surface area contributed by atoms with Gasteiger partial charge in [0.25, 0.3) is 0 Å². The van der Waals surface area contributed by atoms with Gasteiger partial charge in [-0.1, -0.05) is 23.7 Å². The zero-order chi connectivity index (χ0) is 16.0. The smallest absolute Gasteiger partial charge is 0.223 e. The van der Waals surface area contributed by atoms with Crippen molar-refractivity contribution in [3.05, 3.63) is 53.4 Å². The van der Waals surface area contributed by atoms with Gasteiger partial charge in [0, 0.05) is 0 Å². The van der Waals surface area contributed by atoms with Crippen molar-refractivity contribution in [3.63, 3.8) is 0 Å². The molecule has 1 aromatic heterocycles. The number of hydrogen-bond donors (Lipinski definition) is 2. The van der Waals surface area contributed by atoms with Crippen molar-refractivity contribution in [3.8, 4) is 5.75 Å². The van der Waals surface area contributed by atoms with Crippen molar-refractivity contribution in [1.29, 1.82) is 0 Å². The Labute approximate surface area is 133 Å². The van der Waals surface area contributed by atoms with E-state index < -0.39 is 5.60 Å². The molecule has 118 valence electrons. The summed E-state index contributed by atoms with van der Waals surface area (Å²) in [5, 5.41) is 13.4. The van der Waals surface area contributed by atoms with Crippen LogP contribution in [0.25, 0.3) is 0 Å². The molecule has 1 aromatic carbocycles. The van der Waals surface area contributed by atoms with Gasteiger partial charge in [-0.15, -0.1) is 0 Å². The van der Waals surface area contributed by atoms with E-state index in [1.54, 1.807) is 37.3 Å². The number of aliphatic hydroxyl groups is 1. The molecule has 2 N–H and O–H groups in total. The molecule has 0 aliphatic rings. The van der Waals surface area contributed by atoms with E-state index in [0.717, 1.165) is 0 Å². The molecular formula is C16H18ClNO4. The van der Waals surface area contributed by atoms with Crippen LogP contribution in [-0.2, 0) is 10.4 Å². The molecular weight excluding hydrogens is 306 g/mol. The molecule has 0 radical (unpaired) electrons. The number of rotatable bonds is 7. The van der Waals surface area contributed by atoms with Gasteiger partial charge >= 0.3 is 0 Å². The number of ether oxygens (including phenoxy) is 1. The highest BCUT2D eigenvalue weighted by Crippen LogP contribution is 2.23. The van der Waals surface area contributed by atoms with Gasteiger partial charge in [-0.2, -0.15) is 0 Å². The minimum Gasteiger partial charge on any atom is -0.491 e. The highest BCUT2D eigenvalue weighted by atomic mass is 35.5. The maximum atomic E-state index is 11.8. The van der Waals surface area contributed by atoms with Crippen LogP contribution in [0.1, 0.15) is 19.1 Å². The summed E-state index contributed by atoms with van der Waals surface area (Å²) in [6.45, 7) is 1.84. The van der Waals surface area contributed by atoms with Gasteiger partial charge in [-0.25, -0.2) is 0 Å². The predicted octanol–water partition coefficient (Wildman–Crippen LogP) is 2.73. The Morgan fingerprint density at radius 2 is 2.14 bits per heavy atom. The number of para-hydroxylation sites is 1. The zero-order valence-corrected chi connectivity index (χ0v) is 13.0. The van der Waals surface area contributed by atoms with E-state index in [1.807, 2.05) is 6.07 Å². The average Bonchev–Trinajstić information content (AvgIpc) is 3.02. The number of amides is 1. The third-order valence-corrected chi connectivity index (χ3v) is 3.42.